The van der Waals surface area contributed by atoms with E-state index in [1.165, 1.54) is 28.7 Å². The van der Waals surface area contributed by atoms with Gasteiger partial charge in [0.15, 0.2) is 5.03 Å². The van der Waals surface area contributed by atoms with E-state index in [2.05, 4.69) is 9.82 Å². The summed E-state index contributed by atoms with van der Waals surface area (Å²) in [5.74, 6) is 0. The number of aromatic nitrogens is 2. The normalized spacial score (nSPS) is 15.8. The summed E-state index contributed by atoms with van der Waals surface area (Å²) in [6.07, 6.45) is 3.26. The Bertz CT molecular complexity index is 454. The summed E-state index contributed by atoms with van der Waals surface area (Å²) in [6, 6.07) is 1.08. The molecule has 0 saturated heterocycles. The molecule has 17 heavy (non-hydrogen) atoms. The van der Waals surface area contributed by atoms with Crippen LogP contribution in [0.1, 0.15) is 6.92 Å². The predicted molar refractivity (Wildman–Crippen MR) is 67.4 cm³/mol. The Morgan fingerprint density at radius 2 is 2.29 bits per heavy atom. The average Bonchev–Trinajstić information content (AvgIpc) is 2.66. The van der Waals surface area contributed by atoms with Gasteiger partial charge in [-0.2, -0.15) is 16.9 Å². The minimum atomic E-state index is -3.59. The Kier molecular flexibility index (Phi) is 4.99. The van der Waals surface area contributed by atoms with Crippen molar-refractivity contribution in [1.29, 1.82) is 0 Å². The maximum Gasteiger partial charge on any atom is 0.257 e. The topological polar surface area (TPSA) is 84.2 Å². The van der Waals surface area contributed by atoms with Crippen LogP contribution in [-0.4, -0.2) is 47.5 Å². The van der Waals surface area contributed by atoms with E-state index in [1.807, 2.05) is 6.26 Å². The zero-order chi connectivity index (χ0) is 13.1. The van der Waals surface area contributed by atoms with Crippen molar-refractivity contribution >= 4 is 21.8 Å². The molecule has 2 unspecified atom stereocenters. The largest absolute Gasteiger partial charge is 0.395 e. The zero-order valence-electron chi connectivity index (χ0n) is 9.99. The second-order valence-corrected chi connectivity index (χ2v) is 6.40. The molecule has 0 radical (unpaired) electrons. The molecule has 0 aliphatic heterocycles. The molecule has 0 aromatic carbocycles. The highest BCUT2D eigenvalue weighted by atomic mass is 32.2. The van der Waals surface area contributed by atoms with Crippen LogP contribution < -0.4 is 4.72 Å². The summed E-state index contributed by atoms with van der Waals surface area (Å²) in [7, 11) is -2.02. The molecule has 0 aliphatic rings. The number of hydrogen-bond acceptors (Lipinski definition) is 5. The molecule has 0 aliphatic carbocycles. The Labute approximate surface area is 105 Å². The molecule has 2 atom stereocenters. The van der Waals surface area contributed by atoms with Crippen molar-refractivity contribution in [2.45, 2.75) is 23.2 Å². The van der Waals surface area contributed by atoms with Gasteiger partial charge in [0.1, 0.15) is 0 Å². The summed E-state index contributed by atoms with van der Waals surface area (Å²) < 4.78 is 27.8. The SMILES string of the molecule is CSC(CO)C(C)NS(=O)(=O)c1ccnn1C. The third-order valence-electron chi connectivity index (χ3n) is 2.43. The third kappa shape index (κ3) is 3.44. The fourth-order valence-electron chi connectivity index (χ4n) is 1.44. The van der Waals surface area contributed by atoms with Gasteiger partial charge in [0.05, 0.1) is 12.8 Å². The van der Waals surface area contributed by atoms with Crippen molar-refractivity contribution < 1.29 is 13.5 Å². The van der Waals surface area contributed by atoms with Crippen LogP contribution in [0.2, 0.25) is 0 Å². The second kappa shape index (κ2) is 5.85. The van der Waals surface area contributed by atoms with Crippen LogP contribution in [0.5, 0.6) is 0 Å². The van der Waals surface area contributed by atoms with Gasteiger partial charge < -0.3 is 5.11 Å². The van der Waals surface area contributed by atoms with Crippen LogP contribution in [0.15, 0.2) is 17.3 Å². The lowest BCUT2D eigenvalue weighted by Crippen LogP contribution is -2.41. The van der Waals surface area contributed by atoms with Gasteiger partial charge in [0.2, 0.25) is 0 Å². The molecule has 1 heterocycles. The molecule has 2 N–H and O–H groups in total. The number of sulfonamides is 1. The Morgan fingerprint density at radius 1 is 1.65 bits per heavy atom. The summed E-state index contributed by atoms with van der Waals surface area (Å²) in [5.41, 5.74) is 0. The Hall–Kier alpha value is -0.570. The van der Waals surface area contributed by atoms with Crippen LogP contribution in [0.4, 0.5) is 0 Å². The minimum Gasteiger partial charge on any atom is -0.395 e. The molecule has 8 heteroatoms. The van der Waals surface area contributed by atoms with Gasteiger partial charge in [-0.05, 0) is 19.2 Å². The molecule has 1 aromatic rings. The number of aliphatic hydroxyl groups excluding tert-OH is 1. The number of thioether (sulfide) groups is 1. The molecular weight excluding hydrogens is 262 g/mol. The van der Waals surface area contributed by atoms with E-state index in [4.69, 9.17) is 5.11 Å². The average molecular weight is 279 g/mol. The van der Waals surface area contributed by atoms with Gasteiger partial charge in [0.25, 0.3) is 10.0 Å². The quantitative estimate of drug-likeness (QED) is 0.754. The van der Waals surface area contributed by atoms with Crippen molar-refractivity contribution in [2.75, 3.05) is 12.9 Å². The monoisotopic (exact) mass is 279 g/mol. The van der Waals surface area contributed by atoms with E-state index in [-0.39, 0.29) is 22.9 Å². The Balaban J connectivity index is 2.84. The molecule has 0 bridgehead atoms. The number of aryl methyl sites for hydroxylation is 1. The maximum atomic E-state index is 12.0. The molecule has 1 rings (SSSR count). The smallest absolute Gasteiger partial charge is 0.257 e. The Morgan fingerprint density at radius 3 is 2.71 bits per heavy atom. The van der Waals surface area contributed by atoms with Crippen LogP contribution in [-0.2, 0) is 17.1 Å². The fourth-order valence-corrected chi connectivity index (χ4v) is 3.56. The van der Waals surface area contributed by atoms with Crippen molar-refractivity contribution in [3.05, 3.63) is 12.3 Å². The van der Waals surface area contributed by atoms with E-state index in [0.29, 0.717) is 0 Å². The highest BCUT2D eigenvalue weighted by Crippen LogP contribution is 2.14. The fraction of sp³-hybridized carbons (Fsp3) is 0.667. The van der Waals surface area contributed by atoms with Gasteiger partial charge in [-0.3, -0.25) is 4.68 Å². The highest BCUT2D eigenvalue weighted by Gasteiger charge is 2.24. The van der Waals surface area contributed by atoms with Gasteiger partial charge in [-0.15, -0.1) is 0 Å². The van der Waals surface area contributed by atoms with E-state index < -0.39 is 10.0 Å². The molecule has 98 valence electrons. The maximum absolute atomic E-state index is 12.0. The molecule has 0 spiro atoms. The first kappa shape index (κ1) is 14.5. The second-order valence-electron chi connectivity index (χ2n) is 3.66. The minimum absolute atomic E-state index is 0.0732. The summed E-state index contributed by atoms with van der Waals surface area (Å²) in [5, 5.41) is 12.9. The number of aliphatic hydroxyl groups is 1. The molecule has 0 amide bonds. The third-order valence-corrected chi connectivity index (χ3v) is 5.23. The lowest BCUT2D eigenvalue weighted by atomic mass is 10.3. The predicted octanol–water partition coefficient (Wildman–Crippen LogP) is -0.189. The number of rotatable bonds is 6. The standard InChI is InChI=1S/C9H17N3O3S2/c1-7(8(6-13)16-3)11-17(14,15)9-4-5-10-12(9)2/h4-5,7-8,11,13H,6H2,1-3H3. The first-order valence-corrected chi connectivity index (χ1v) is 7.83. The summed E-state index contributed by atoms with van der Waals surface area (Å²) in [4.78, 5) is 0. The molecule has 0 fully saturated rings. The summed E-state index contributed by atoms with van der Waals surface area (Å²) in [6.45, 7) is 1.65. The lowest BCUT2D eigenvalue weighted by molar-refractivity contribution is 0.282. The first-order valence-electron chi connectivity index (χ1n) is 5.06. The lowest BCUT2D eigenvalue weighted by Gasteiger charge is -2.21. The van der Waals surface area contributed by atoms with E-state index in [0.717, 1.165) is 0 Å². The van der Waals surface area contributed by atoms with E-state index >= 15 is 0 Å². The molecule has 1 aromatic heterocycles. The van der Waals surface area contributed by atoms with Gasteiger partial charge >= 0.3 is 0 Å². The number of nitrogens with one attached hydrogen (secondary N) is 1. The van der Waals surface area contributed by atoms with Crippen molar-refractivity contribution in [1.82, 2.24) is 14.5 Å². The van der Waals surface area contributed by atoms with Crippen LogP contribution in [0.25, 0.3) is 0 Å². The first-order chi connectivity index (χ1) is 7.92. The molecular formula is C9H17N3O3S2. The van der Waals surface area contributed by atoms with Crippen molar-refractivity contribution in [3.8, 4) is 0 Å². The van der Waals surface area contributed by atoms with Crippen LogP contribution in [0, 0.1) is 0 Å². The number of hydrogen-bond donors (Lipinski definition) is 2. The highest BCUT2D eigenvalue weighted by molar-refractivity contribution is 7.99. The van der Waals surface area contributed by atoms with Crippen molar-refractivity contribution in [2.24, 2.45) is 7.05 Å². The van der Waals surface area contributed by atoms with Gasteiger partial charge in [0, 0.05) is 18.3 Å². The number of nitrogens with zero attached hydrogens (tertiary/aromatic N) is 2. The van der Waals surface area contributed by atoms with Gasteiger partial charge in [-0.1, -0.05) is 0 Å². The van der Waals surface area contributed by atoms with Crippen molar-refractivity contribution in [3.63, 3.8) is 0 Å². The molecule has 0 saturated carbocycles. The molecule has 6 nitrogen and oxygen atoms in total. The zero-order valence-corrected chi connectivity index (χ0v) is 11.6. The van der Waals surface area contributed by atoms with Crippen LogP contribution in [0.3, 0.4) is 0 Å². The van der Waals surface area contributed by atoms with E-state index in [9.17, 15) is 8.42 Å². The van der Waals surface area contributed by atoms with Crippen LogP contribution >= 0.6 is 11.8 Å². The summed E-state index contributed by atoms with van der Waals surface area (Å²) >= 11 is 1.42. The van der Waals surface area contributed by atoms with E-state index in [1.54, 1.807) is 14.0 Å². The van der Waals surface area contributed by atoms with Gasteiger partial charge in [-0.25, -0.2) is 13.1 Å².